The SMILES string of the molecule is O=COC(=Cc1ccnc(-c2cc(/C=C(/OC=O)c3ccc(C(F)(F)F)cc3)cc(-c3cc(/C=C(/OC=O)c4ccc(C(F)(F)F)cc4)ccn3)n2)c1)c1ccc(C(F)(F)F)cc1. The predicted molar refractivity (Wildman–Crippen MR) is 210 cm³/mol. The summed E-state index contributed by atoms with van der Waals surface area (Å²) >= 11 is 0. The van der Waals surface area contributed by atoms with E-state index in [4.69, 9.17) is 19.2 Å². The van der Waals surface area contributed by atoms with Crippen LogP contribution in [0.2, 0.25) is 0 Å². The van der Waals surface area contributed by atoms with E-state index in [2.05, 4.69) is 9.97 Å². The van der Waals surface area contributed by atoms with Crippen LogP contribution in [0.4, 0.5) is 39.5 Å². The lowest BCUT2D eigenvalue weighted by molar-refractivity contribution is -0.138. The molecular weight excluding hydrogens is 849 g/mol. The van der Waals surface area contributed by atoms with Gasteiger partial charge in [-0.1, -0.05) is 36.4 Å². The van der Waals surface area contributed by atoms with E-state index in [1.165, 1.54) is 67.0 Å². The maximum absolute atomic E-state index is 13.3. The monoisotopic (exact) mass is 875 g/mol. The van der Waals surface area contributed by atoms with Crippen LogP contribution in [0, 0.1) is 0 Å². The Bertz CT molecular complexity index is 2570. The van der Waals surface area contributed by atoms with Crippen molar-refractivity contribution in [2.24, 2.45) is 0 Å². The zero-order valence-corrected chi connectivity index (χ0v) is 31.7. The zero-order valence-electron chi connectivity index (χ0n) is 31.7. The molecule has 0 radical (unpaired) electrons. The maximum Gasteiger partial charge on any atom is 0.416 e. The van der Waals surface area contributed by atoms with Gasteiger partial charge in [0.25, 0.3) is 19.4 Å². The average molecular weight is 876 g/mol. The molecule has 3 aromatic carbocycles. The van der Waals surface area contributed by atoms with Gasteiger partial charge in [0, 0.05) is 29.1 Å². The summed E-state index contributed by atoms with van der Waals surface area (Å²) in [4.78, 5) is 47.9. The molecule has 6 rings (SSSR count). The van der Waals surface area contributed by atoms with Gasteiger partial charge in [0.15, 0.2) is 0 Å². The van der Waals surface area contributed by atoms with Crippen LogP contribution in [0.3, 0.4) is 0 Å². The van der Waals surface area contributed by atoms with Crippen molar-refractivity contribution in [3.63, 3.8) is 0 Å². The third-order valence-electron chi connectivity index (χ3n) is 8.85. The summed E-state index contributed by atoms with van der Waals surface area (Å²) in [6.45, 7) is 0.268. The molecule has 18 heteroatoms. The van der Waals surface area contributed by atoms with Crippen molar-refractivity contribution in [2.45, 2.75) is 18.5 Å². The molecule has 6 aromatic rings. The Kier molecular flexibility index (Phi) is 13.3. The van der Waals surface area contributed by atoms with Gasteiger partial charge >= 0.3 is 18.5 Å². The smallest absolute Gasteiger partial charge is 0.416 e. The van der Waals surface area contributed by atoms with Crippen molar-refractivity contribution in [1.29, 1.82) is 0 Å². The Morgan fingerprint density at radius 1 is 0.397 bits per heavy atom. The Morgan fingerprint density at radius 3 is 0.968 bits per heavy atom. The Balaban J connectivity index is 1.47. The molecule has 3 heterocycles. The highest BCUT2D eigenvalue weighted by molar-refractivity contribution is 5.85. The van der Waals surface area contributed by atoms with Gasteiger partial charge in [0.2, 0.25) is 0 Å². The number of carbonyl (C=O) groups is 3. The number of rotatable bonds is 14. The highest BCUT2D eigenvalue weighted by Crippen LogP contribution is 2.34. The standard InChI is InChI=1S/C45H26F9N3O6/c46-43(47,48)33-7-1-30(2-8-33)40(61-24-58)21-27-13-15-55-36(17-27)38-19-29(23-42(63-26-60)32-5-11-35(12-6-32)45(52,53)54)20-39(57-38)37-18-28(14-16-56-37)22-41(62-25-59)31-3-9-34(10-4-31)44(49,50)51/h1-26H/b40-21+,41-22?,42-23+. The highest BCUT2D eigenvalue weighted by atomic mass is 19.4. The van der Waals surface area contributed by atoms with E-state index in [1.807, 2.05) is 0 Å². The summed E-state index contributed by atoms with van der Waals surface area (Å²) in [6.07, 6.45) is -7.10. The van der Waals surface area contributed by atoms with Crippen LogP contribution in [-0.4, -0.2) is 34.4 Å². The minimum Gasteiger partial charge on any atom is -0.428 e. The third-order valence-corrected chi connectivity index (χ3v) is 8.85. The fraction of sp³-hybridized carbons (Fsp3) is 0.0667. The Labute approximate surface area is 350 Å². The van der Waals surface area contributed by atoms with Crippen LogP contribution >= 0.6 is 0 Å². The topological polar surface area (TPSA) is 118 Å². The first-order valence-electron chi connectivity index (χ1n) is 17.9. The van der Waals surface area contributed by atoms with Crippen LogP contribution < -0.4 is 0 Å². The van der Waals surface area contributed by atoms with Crippen molar-refractivity contribution < 1.29 is 68.1 Å². The van der Waals surface area contributed by atoms with E-state index in [0.717, 1.165) is 72.8 Å². The molecular formula is C45H26F9N3O6. The Hall–Kier alpha value is -7.89. The minimum atomic E-state index is -4.65. The van der Waals surface area contributed by atoms with Crippen molar-refractivity contribution in [1.82, 2.24) is 15.0 Å². The number of aromatic nitrogens is 3. The number of nitrogens with zero attached hydrogens (tertiary/aromatic N) is 3. The molecule has 3 aromatic heterocycles. The van der Waals surface area contributed by atoms with Crippen molar-refractivity contribution in [3.05, 3.63) is 172 Å². The van der Waals surface area contributed by atoms with Crippen LogP contribution in [-0.2, 0) is 47.1 Å². The maximum atomic E-state index is 13.3. The van der Waals surface area contributed by atoms with Gasteiger partial charge in [0.05, 0.1) is 39.5 Å². The highest BCUT2D eigenvalue weighted by Gasteiger charge is 2.32. The largest absolute Gasteiger partial charge is 0.428 e. The molecule has 0 saturated heterocycles. The van der Waals surface area contributed by atoms with Gasteiger partial charge in [-0.3, -0.25) is 24.4 Å². The van der Waals surface area contributed by atoms with Crippen LogP contribution in [0.1, 0.15) is 50.1 Å². The van der Waals surface area contributed by atoms with Gasteiger partial charge in [-0.25, -0.2) is 4.98 Å². The van der Waals surface area contributed by atoms with Gasteiger partial charge in [-0.05, 0) is 108 Å². The van der Waals surface area contributed by atoms with Gasteiger partial charge in [-0.15, -0.1) is 0 Å². The molecule has 0 amide bonds. The van der Waals surface area contributed by atoms with Crippen LogP contribution in [0.15, 0.2) is 122 Å². The second-order valence-corrected chi connectivity index (χ2v) is 13.0. The molecule has 0 spiro atoms. The Morgan fingerprint density at radius 2 is 0.683 bits per heavy atom. The lowest BCUT2D eigenvalue weighted by Gasteiger charge is -2.12. The van der Waals surface area contributed by atoms with Crippen LogP contribution in [0.25, 0.3) is 58.3 Å². The molecule has 0 bridgehead atoms. The summed E-state index contributed by atoms with van der Waals surface area (Å²) < 4.78 is 135. The van der Waals surface area contributed by atoms with E-state index in [0.29, 0.717) is 11.1 Å². The number of hydrogen-bond donors (Lipinski definition) is 0. The first-order valence-corrected chi connectivity index (χ1v) is 17.9. The van der Waals surface area contributed by atoms with Gasteiger partial charge < -0.3 is 14.2 Å². The van der Waals surface area contributed by atoms with Gasteiger partial charge in [-0.2, -0.15) is 39.5 Å². The average Bonchev–Trinajstić information content (AvgIpc) is 3.25. The van der Waals surface area contributed by atoms with E-state index in [9.17, 15) is 53.9 Å². The second kappa shape index (κ2) is 18.8. The molecule has 0 unspecified atom stereocenters. The molecule has 0 aliphatic heterocycles. The van der Waals surface area contributed by atoms with Crippen molar-refractivity contribution in [2.75, 3.05) is 0 Å². The molecule has 0 aliphatic rings. The van der Waals surface area contributed by atoms with Crippen molar-refractivity contribution >= 4 is 54.9 Å². The second-order valence-electron chi connectivity index (χ2n) is 13.0. The van der Waals surface area contributed by atoms with Crippen molar-refractivity contribution in [3.8, 4) is 22.8 Å². The molecule has 0 aliphatic carbocycles. The molecule has 9 nitrogen and oxygen atoms in total. The van der Waals surface area contributed by atoms with E-state index < -0.39 is 35.2 Å². The number of halogens is 9. The summed E-state index contributed by atoms with van der Waals surface area (Å²) in [5.41, 5.74) is -0.913. The predicted octanol–water partition coefficient (Wildman–Crippen LogP) is 11.3. The lowest BCUT2D eigenvalue weighted by Crippen LogP contribution is -2.04. The number of benzene rings is 3. The normalized spacial score (nSPS) is 12.7. The molecule has 0 saturated carbocycles. The number of pyridine rings is 3. The number of ether oxygens (including phenoxy) is 3. The zero-order chi connectivity index (χ0) is 45.4. The molecule has 0 N–H and O–H groups in total. The fourth-order valence-corrected chi connectivity index (χ4v) is 5.89. The molecule has 320 valence electrons. The number of carbonyl (C=O) groups excluding carboxylic acids is 3. The molecule has 0 atom stereocenters. The molecule has 63 heavy (non-hydrogen) atoms. The minimum absolute atomic E-state index is 0.0759. The fourth-order valence-electron chi connectivity index (χ4n) is 5.89. The first kappa shape index (κ1) is 44.7. The quantitative estimate of drug-likeness (QED) is 0.0456. The lowest BCUT2D eigenvalue weighted by atomic mass is 10.0. The summed E-state index contributed by atoms with van der Waals surface area (Å²) in [5, 5.41) is 0. The van der Waals surface area contributed by atoms with Crippen LogP contribution in [0.5, 0.6) is 0 Å². The number of hydrogen-bond acceptors (Lipinski definition) is 9. The summed E-state index contributed by atoms with van der Waals surface area (Å²) in [5.74, 6) is -0.399. The summed E-state index contributed by atoms with van der Waals surface area (Å²) in [7, 11) is 0. The number of alkyl halides is 9. The van der Waals surface area contributed by atoms with E-state index in [-0.39, 0.29) is 81.7 Å². The van der Waals surface area contributed by atoms with E-state index in [1.54, 1.807) is 0 Å². The third kappa shape index (κ3) is 11.5. The van der Waals surface area contributed by atoms with Gasteiger partial charge in [0.1, 0.15) is 17.3 Å². The first-order chi connectivity index (χ1) is 29.9. The summed E-state index contributed by atoms with van der Waals surface area (Å²) in [6, 6.07) is 20.5. The van der Waals surface area contributed by atoms with E-state index >= 15 is 0 Å². The molecule has 0 fully saturated rings.